The summed E-state index contributed by atoms with van der Waals surface area (Å²) in [6.45, 7) is 3.06. The van der Waals surface area contributed by atoms with Crippen LogP contribution in [-0.4, -0.2) is 12.4 Å². The molecular weight excluding hydrogens is 252 g/mol. The van der Waals surface area contributed by atoms with Crippen LogP contribution in [0.3, 0.4) is 0 Å². The number of hydrogen-bond donors (Lipinski definition) is 1. The standard InChI is InChI=1S/C12H15BrN2/c1-9-5-6-10(8-11(9)13)15-12-4-2-3-7-14-12/h5-6,8H,2-4,7H2,1H3,(H,14,15). The van der Waals surface area contributed by atoms with Crippen LogP contribution in [0.1, 0.15) is 24.8 Å². The summed E-state index contributed by atoms with van der Waals surface area (Å²) in [7, 11) is 0. The molecule has 0 spiro atoms. The molecule has 0 bridgehead atoms. The Morgan fingerprint density at radius 3 is 2.87 bits per heavy atom. The molecule has 1 aliphatic heterocycles. The maximum absolute atomic E-state index is 4.47. The zero-order chi connectivity index (χ0) is 10.7. The van der Waals surface area contributed by atoms with Gasteiger partial charge in [0.1, 0.15) is 5.84 Å². The average molecular weight is 267 g/mol. The lowest BCUT2D eigenvalue weighted by Gasteiger charge is -2.14. The minimum absolute atomic E-state index is 0.968. The van der Waals surface area contributed by atoms with Crippen molar-refractivity contribution in [2.75, 3.05) is 11.9 Å². The summed E-state index contributed by atoms with van der Waals surface area (Å²) in [5.41, 5.74) is 2.37. The first-order chi connectivity index (χ1) is 7.25. The Morgan fingerprint density at radius 1 is 1.33 bits per heavy atom. The number of hydrogen-bond acceptors (Lipinski definition) is 2. The fourth-order valence-corrected chi connectivity index (χ4v) is 2.02. The predicted molar refractivity (Wildman–Crippen MR) is 68.7 cm³/mol. The molecule has 0 fully saturated rings. The van der Waals surface area contributed by atoms with E-state index in [2.05, 4.69) is 51.4 Å². The number of aliphatic imine (C=N–C) groups is 1. The molecule has 0 radical (unpaired) electrons. The van der Waals surface area contributed by atoms with Crippen LogP contribution in [0.15, 0.2) is 27.7 Å². The second-order valence-corrected chi connectivity index (χ2v) is 4.73. The fourth-order valence-electron chi connectivity index (χ4n) is 1.64. The first-order valence-corrected chi connectivity index (χ1v) is 6.11. The van der Waals surface area contributed by atoms with Crippen LogP contribution in [0.25, 0.3) is 0 Å². The van der Waals surface area contributed by atoms with E-state index in [-0.39, 0.29) is 0 Å². The highest BCUT2D eigenvalue weighted by Gasteiger charge is 2.05. The van der Waals surface area contributed by atoms with Crippen molar-refractivity contribution in [2.24, 2.45) is 4.99 Å². The molecule has 1 aromatic carbocycles. The van der Waals surface area contributed by atoms with Gasteiger partial charge in [-0.2, -0.15) is 0 Å². The van der Waals surface area contributed by atoms with Gasteiger partial charge in [0, 0.05) is 23.1 Å². The van der Waals surface area contributed by atoms with E-state index in [1.165, 1.54) is 18.4 Å². The van der Waals surface area contributed by atoms with Crippen LogP contribution < -0.4 is 5.32 Å². The average Bonchev–Trinajstić information content (AvgIpc) is 2.25. The molecule has 0 amide bonds. The van der Waals surface area contributed by atoms with Gasteiger partial charge in [0.05, 0.1) is 0 Å². The van der Waals surface area contributed by atoms with E-state index in [1.807, 2.05) is 0 Å². The number of benzene rings is 1. The Hall–Kier alpha value is -0.830. The molecule has 1 aliphatic rings. The van der Waals surface area contributed by atoms with Crippen LogP contribution >= 0.6 is 15.9 Å². The van der Waals surface area contributed by atoms with Crippen LogP contribution in [0.4, 0.5) is 5.69 Å². The van der Waals surface area contributed by atoms with Gasteiger partial charge in [-0.1, -0.05) is 22.0 Å². The third-order valence-electron chi connectivity index (χ3n) is 2.58. The molecular formula is C12H15BrN2. The molecule has 1 N–H and O–H groups in total. The molecule has 2 rings (SSSR count). The van der Waals surface area contributed by atoms with E-state index in [0.29, 0.717) is 0 Å². The summed E-state index contributed by atoms with van der Waals surface area (Å²) < 4.78 is 1.14. The van der Waals surface area contributed by atoms with Crippen LogP contribution in [0, 0.1) is 6.92 Å². The number of anilines is 1. The summed E-state index contributed by atoms with van der Waals surface area (Å²) in [5.74, 6) is 1.12. The van der Waals surface area contributed by atoms with Gasteiger partial charge in [0.15, 0.2) is 0 Å². The third-order valence-corrected chi connectivity index (χ3v) is 3.44. The predicted octanol–water partition coefficient (Wildman–Crippen LogP) is 3.75. The number of aryl methyl sites for hydroxylation is 1. The van der Waals surface area contributed by atoms with Crippen molar-refractivity contribution in [1.29, 1.82) is 0 Å². The molecule has 0 atom stereocenters. The molecule has 0 aliphatic carbocycles. The minimum Gasteiger partial charge on any atom is -0.344 e. The summed E-state index contributed by atoms with van der Waals surface area (Å²) in [4.78, 5) is 4.47. The van der Waals surface area contributed by atoms with Gasteiger partial charge in [0.25, 0.3) is 0 Å². The normalized spacial score (nSPS) is 16.0. The van der Waals surface area contributed by atoms with E-state index < -0.39 is 0 Å². The molecule has 0 unspecified atom stereocenters. The SMILES string of the molecule is Cc1ccc(NC2=NCCCC2)cc1Br. The lowest BCUT2D eigenvalue weighted by molar-refractivity contribution is 0.737. The number of amidine groups is 1. The summed E-state index contributed by atoms with van der Waals surface area (Å²) >= 11 is 3.53. The number of nitrogens with one attached hydrogen (secondary N) is 1. The lowest BCUT2D eigenvalue weighted by atomic mass is 10.1. The largest absolute Gasteiger partial charge is 0.344 e. The van der Waals surface area contributed by atoms with Gasteiger partial charge in [-0.25, -0.2) is 0 Å². The molecule has 2 nitrogen and oxygen atoms in total. The summed E-state index contributed by atoms with van der Waals surface area (Å²) in [5, 5.41) is 3.37. The number of rotatable bonds is 1. The quantitative estimate of drug-likeness (QED) is 0.823. The van der Waals surface area contributed by atoms with Gasteiger partial charge < -0.3 is 5.32 Å². The van der Waals surface area contributed by atoms with Crippen LogP contribution in [0.5, 0.6) is 0 Å². The minimum atomic E-state index is 0.968. The van der Waals surface area contributed by atoms with Crippen molar-refractivity contribution in [1.82, 2.24) is 0 Å². The number of nitrogens with zero attached hydrogens (tertiary/aromatic N) is 1. The Balaban J connectivity index is 2.10. The smallest absolute Gasteiger partial charge is 0.101 e. The maximum Gasteiger partial charge on any atom is 0.101 e. The topological polar surface area (TPSA) is 24.4 Å². The molecule has 3 heteroatoms. The first kappa shape index (κ1) is 10.7. The maximum atomic E-state index is 4.47. The molecule has 0 saturated heterocycles. The van der Waals surface area contributed by atoms with Gasteiger partial charge >= 0.3 is 0 Å². The molecule has 0 saturated carbocycles. The van der Waals surface area contributed by atoms with E-state index in [4.69, 9.17) is 0 Å². The van der Waals surface area contributed by atoms with Gasteiger partial charge in [-0.05, 0) is 37.5 Å². The van der Waals surface area contributed by atoms with Crippen molar-refractivity contribution < 1.29 is 0 Å². The molecule has 1 heterocycles. The fraction of sp³-hybridized carbons (Fsp3) is 0.417. The zero-order valence-electron chi connectivity index (χ0n) is 8.89. The Kier molecular flexibility index (Phi) is 3.41. The Bertz CT molecular complexity index is 385. The monoisotopic (exact) mass is 266 g/mol. The summed E-state index contributed by atoms with van der Waals surface area (Å²) in [6, 6.07) is 6.31. The highest BCUT2D eigenvalue weighted by molar-refractivity contribution is 9.10. The Morgan fingerprint density at radius 2 is 2.20 bits per heavy atom. The van der Waals surface area contributed by atoms with Gasteiger partial charge in [-0.15, -0.1) is 0 Å². The van der Waals surface area contributed by atoms with Crippen molar-refractivity contribution in [3.05, 3.63) is 28.2 Å². The van der Waals surface area contributed by atoms with Crippen LogP contribution in [0.2, 0.25) is 0 Å². The highest BCUT2D eigenvalue weighted by atomic mass is 79.9. The molecule has 1 aromatic rings. The second kappa shape index (κ2) is 4.79. The van der Waals surface area contributed by atoms with Gasteiger partial charge in [-0.3, -0.25) is 4.99 Å². The second-order valence-electron chi connectivity index (χ2n) is 3.87. The van der Waals surface area contributed by atoms with Crippen molar-refractivity contribution >= 4 is 27.5 Å². The first-order valence-electron chi connectivity index (χ1n) is 5.32. The molecule has 15 heavy (non-hydrogen) atoms. The Labute approximate surface area is 98.9 Å². The van der Waals surface area contributed by atoms with Crippen molar-refractivity contribution in [3.63, 3.8) is 0 Å². The van der Waals surface area contributed by atoms with E-state index in [0.717, 1.165) is 29.0 Å². The van der Waals surface area contributed by atoms with Crippen molar-refractivity contribution in [3.8, 4) is 0 Å². The van der Waals surface area contributed by atoms with Gasteiger partial charge in [0.2, 0.25) is 0 Å². The molecule has 80 valence electrons. The highest BCUT2D eigenvalue weighted by Crippen LogP contribution is 2.21. The summed E-state index contributed by atoms with van der Waals surface area (Å²) in [6.07, 6.45) is 3.55. The van der Waals surface area contributed by atoms with E-state index in [1.54, 1.807) is 0 Å². The lowest BCUT2D eigenvalue weighted by Crippen LogP contribution is -2.16. The molecule has 0 aromatic heterocycles. The van der Waals surface area contributed by atoms with E-state index >= 15 is 0 Å². The third kappa shape index (κ3) is 2.81. The van der Waals surface area contributed by atoms with Crippen molar-refractivity contribution in [2.45, 2.75) is 26.2 Å². The van der Waals surface area contributed by atoms with Crippen LogP contribution in [-0.2, 0) is 0 Å². The van der Waals surface area contributed by atoms with E-state index in [9.17, 15) is 0 Å². The number of halogens is 1. The zero-order valence-corrected chi connectivity index (χ0v) is 10.5.